The van der Waals surface area contributed by atoms with Gasteiger partial charge in [0.05, 0.1) is 0 Å². The summed E-state index contributed by atoms with van der Waals surface area (Å²) in [5.41, 5.74) is 6.00. The minimum atomic E-state index is -0.0698. The Hall–Kier alpha value is -0.280. The first kappa shape index (κ1) is 12.2. The molecule has 0 spiro atoms. The number of halogens is 1. The highest BCUT2D eigenvalue weighted by molar-refractivity contribution is 5.85. The monoisotopic (exact) mass is 244 g/mol. The van der Waals surface area contributed by atoms with Crippen LogP contribution in [0.2, 0.25) is 0 Å². The van der Waals surface area contributed by atoms with Crippen molar-refractivity contribution in [2.45, 2.75) is 44.1 Å². The highest BCUT2D eigenvalue weighted by atomic mass is 35.5. The second-order valence-electron chi connectivity index (χ2n) is 5.72. The minimum Gasteiger partial charge on any atom is -0.354 e. The number of hydrogen-bond acceptors (Lipinski definition) is 2. The summed E-state index contributed by atoms with van der Waals surface area (Å²) < 4.78 is 0. The van der Waals surface area contributed by atoms with E-state index in [1.807, 2.05) is 0 Å². The van der Waals surface area contributed by atoms with Crippen LogP contribution in [0, 0.1) is 17.8 Å². The predicted molar refractivity (Wildman–Crippen MR) is 65.3 cm³/mol. The summed E-state index contributed by atoms with van der Waals surface area (Å²) in [5.74, 6) is 2.07. The second-order valence-corrected chi connectivity index (χ2v) is 5.72. The van der Waals surface area contributed by atoms with Crippen LogP contribution in [0.5, 0.6) is 0 Å². The first-order valence-corrected chi connectivity index (χ1v) is 6.26. The van der Waals surface area contributed by atoms with E-state index < -0.39 is 0 Å². The Kier molecular flexibility index (Phi) is 3.19. The molecule has 0 radical (unpaired) electrons. The first-order valence-electron chi connectivity index (χ1n) is 6.26. The van der Waals surface area contributed by atoms with Crippen molar-refractivity contribution in [1.29, 1.82) is 0 Å². The SMILES string of the molecule is Cl.NC1(CNC(=O)C2C3CCCC32)CCC1. The van der Waals surface area contributed by atoms with Gasteiger partial charge in [-0.2, -0.15) is 0 Å². The molecule has 3 rings (SSSR count). The zero-order valence-electron chi connectivity index (χ0n) is 9.58. The van der Waals surface area contributed by atoms with E-state index in [9.17, 15) is 4.79 Å². The van der Waals surface area contributed by atoms with Crippen molar-refractivity contribution >= 4 is 18.3 Å². The van der Waals surface area contributed by atoms with Crippen molar-refractivity contribution < 1.29 is 4.79 Å². The van der Waals surface area contributed by atoms with Crippen molar-refractivity contribution in [3.05, 3.63) is 0 Å². The minimum absolute atomic E-state index is 0. The van der Waals surface area contributed by atoms with E-state index in [4.69, 9.17) is 5.73 Å². The summed E-state index contributed by atoms with van der Waals surface area (Å²) in [7, 11) is 0. The molecular formula is C12H21ClN2O. The molecule has 0 aliphatic heterocycles. The molecule has 2 atom stereocenters. The number of nitrogens with two attached hydrogens (primary N) is 1. The summed E-state index contributed by atoms with van der Waals surface area (Å²) >= 11 is 0. The van der Waals surface area contributed by atoms with Crippen LogP contribution in [0.4, 0.5) is 0 Å². The van der Waals surface area contributed by atoms with E-state index in [-0.39, 0.29) is 23.9 Å². The Bertz CT molecular complexity index is 281. The molecule has 3 aliphatic rings. The third-order valence-electron chi connectivity index (χ3n) is 4.67. The highest BCUT2D eigenvalue weighted by Crippen LogP contribution is 2.57. The van der Waals surface area contributed by atoms with Gasteiger partial charge in [0.25, 0.3) is 0 Å². The van der Waals surface area contributed by atoms with Gasteiger partial charge in [0, 0.05) is 18.0 Å². The van der Waals surface area contributed by atoms with Crippen LogP contribution < -0.4 is 11.1 Å². The quantitative estimate of drug-likeness (QED) is 0.790. The number of carbonyl (C=O) groups excluding carboxylic acids is 1. The smallest absolute Gasteiger partial charge is 0.223 e. The number of amides is 1. The predicted octanol–water partition coefficient (Wildman–Crippen LogP) is 1.45. The molecule has 3 saturated carbocycles. The van der Waals surface area contributed by atoms with Crippen LogP contribution in [0.3, 0.4) is 0 Å². The number of carbonyl (C=O) groups is 1. The zero-order valence-corrected chi connectivity index (χ0v) is 10.4. The molecule has 3 N–H and O–H groups in total. The fourth-order valence-corrected chi connectivity index (χ4v) is 3.40. The molecule has 0 aromatic rings. The van der Waals surface area contributed by atoms with E-state index in [0.717, 1.165) is 24.7 Å². The molecule has 1 amide bonds. The van der Waals surface area contributed by atoms with Crippen molar-refractivity contribution in [2.24, 2.45) is 23.5 Å². The van der Waals surface area contributed by atoms with E-state index in [1.54, 1.807) is 0 Å². The number of fused-ring (bicyclic) bond motifs is 1. The lowest BCUT2D eigenvalue weighted by molar-refractivity contribution is -0.123. The van der Waals surface area contributed by atoms with Gasteiger partial charge in [-0.1, -0.05) is 6.42 Å². The van der Waals surface area contributed by atoms with Crippen LogP contribution in [0.25, 0.3) is 0 Å². The van der Waals surface area contributed by atoms with E-state index in [2.05, 4.69) is 5.32 Å². The van der Waals surface area contributed by atoms with Crippen molar-refractivity contribution in [2.75, 3.05) is 6.54 Å². The average molecular weight is 245 g/mol. The maximum Gasteiger partial charge on any atom is 0.223 e. The summed E-state index contributed by atoms with van der Waals surface area (Å²) in [6.07, 6.45) is 7.25. The molecule has 0 aromatic carbocycles. The maximum absolute atomic E-state index is 11.8. The molecular weight excluding hydrogens is 224 g/mol. The molecule has 0 saturated heterocycles. The highest BCUT2D eigenvalue weighted by Gasteiger charge is 2.56. The molecule has 3 aliphatic carbocycles. The molecule has 0 heterocycles. The van der Waals surface area contributed by atoms with Gasteiger partial charge in [-0.05, 0) is 43.9 Å². The summed E-state index contributed by atoms with van der Waals surface area (Å²) in [6.45, 7) is 0.696. The van der Waals surface area contributed by atoms with Gasteiger partial charge in [0.2, 0.25) is 5.91 Å². The summed E-state index contributed by atoms with van der Waals surface area (Å²) in [4.78, 5) is 11.8. The first-order chi connectivity index (χ1) is 7.20. The lowest BCUT2D eigenvalue weighted by Gasteiger charge is -2.38. The van der Waals surface area contributed by atoms with Gasteiger partial charge >= 0.3 is 0 Å². The zero-order chi connectivity index (χ0) is 10.5. The number of nitrogens with one attached hydrogen (secondary N) is 1. The van der Waals surface area contributed by atoms with Crippen molar-refractivity contribution in [3.8, 4) is 0 Å². The fourth-order valence-electron chi connectivity index (χ4n) is 3.40. The van der Waals surface area contributed by atoms with E-state index in [1.165, 1.54) is 25.7 Å². The molecule has 16 heavy (non-hydrogen) atoms. The summed E-state index contributed by atoms with van der Waals surface area (Å²) in [6, 6.07) is 0. The Morgan fingerprint density at radius 2 is 1.88 bits per heavy atom. The van der Waals surface area contributed by atoms with Crippen LogP contribution in [-0.2, 0) is 4.79 Å². The third-order valence-corrected chi connectivity index (χ3v) is 4.67. The van der Waals surface area contributed by atoms with Gasteiger partial charge in [0.15, 0.2) is 0 Å². The number of hydrogen-bond donors (Lipinski definition) is 2. The van der Waals surface area contributed by atoms with Gasteiger partial charge in [-0.3, -0.25) is 4.79 Å². The summed E-state index contributed by atoms with van der Waals surface area (Å²) in [5, 5.41) is 3.05. The lowest BCUT2D eigenvalue weighted by Crippen LogP contribution is -2.55. The Labute approximate surface area is 103 Å². The third kappa shape index (κ3) is 1.95. The van der Waals surface area contributed by atoms with E-state index in [0.29, 0.717) is 12.5 Å². The number of rotatable bonds is 3. The molecule has 4 heteroatoms. The average Bonchev–Trinajstić information content (AvgIpc) is 2.66. The largest absolute Gasteiger partial charge is 0.354 e. The standard InChI is InChI=1S/C12H20N2O.ClH/c13-12(5-2-6-12)7-14-11(15)10-8-3-1-4-9(8)10;/h8-10H,1-7,13H2,(H,14,15);1H. The Morgan fingerprint density at radius 1 is 1.25 bits per heavy atom. The lowest BCUT2D eigenvalue weighted by atomic mass is 9.78. The fraction of sp³-hybridized carbons (Fsp3) is 0.917. The van der Waals surface area contributed by atoms with Gasteiger partial charge < -0.3 is 11.1 Å². The molecule has 2 unspecified atom stereocenters. The topological polar surface area (TPSA) is 55.1 Å². The maximum atomic E-state index is 11.8. The Morgan fingerprint density at radius 3 is 2.38 bits per heavy atom. The van der Waals surface area contributed by atoms with E-state index >= 15 is 0 Å². The molecule has 3 fully saturated rings. The van der Waals surface area contributed by atoms with Gasteiger partial charge in [-0.25, -0.2) is 0 Å². The van der Waals surface area contributed by atoms with Crippen molar-refractivity contribution in [3.63, 3.8) is 0 Å². The molecule has 3 nitrogen and oxygen atoms in total. The second kappa shape index (κ2) is 4.19. The molecule has 92 valence electrons. The van der Waals surface area contributed by atoms with Crippen LogP contribution >= 0.6 is 12.4 Å². The van der Waals surface area contributed by atoms with Gasteiger partial charge in [0.1, 0.15) is 0 Å². The Balaban J connectivity index is 0.000000963. The normalized spacial score (nSPS) is 37.9. The van der Waals surface area contributed by atoms with Crippen LogP contribution in [0.1, 0.15) is 38.5 Å². The van der Waals surface area contributed by atoms with Crippen LogP contribution in [-0.4, -0.2) is 18.0 Å². The molecule has 0 aromatic heterocycles. The molecule has 0 bridgehead atoms. The van der Waals surface area contributed by atoms with Gasteiger partial charge in [-0.15, -0.1) is 12.4 Å². The van der Waals surface area contributed by atoms with Crippen molar-refractivity contribution in [1.82, 2.24) is 5.32 Å². The van der Waals surface area contributed by atoms with Crippen LogP contribution in [0.15, 0.2) is 0 Å².